The number of hydrogen-bond acceptors (Lipinski definition) is 3. The summed E-state index contributed by atoms with van der Waals surface area (Å²) in [6.45, 7) is 5.37. The third-order valence-electron chi connectivity index (χ3n) is 4.27. The highest BCUT2D eigenvalue weighted by Crippen LogP contribution is 2.29. The summed E-state index contributed by atoms with van der Waals surface area (Å²) in [7, 11) is 0. The van der Waals surface area contributed by atoms with Crippen LogP contribution in [0.1, 0.15) is 16.7 Å². The molecule has 0 bridgehead atoms. The van der Waals surface area contributed by atoms with Crippen LogP contribution in [0.3, 0.4) is 0 Å². The van der Waals surface area contributed by atoms with Crippen LogP contribution in [0.5, 0.6) is 0 Å². The molecule has 3 nitrogen and oxygen atoms in total. The van der Waals surface area contributed by atoms with E-state index in [1.54, 1.807) is 18.2 Å². The Hall–Kier alpha value is -1.99. The van der Waals surface area contributed by atoms with Crippen molar-refractivity contribution in [2.75, 3.05) is 31.2 Å². The predicted molar refractivity (Wildman–Crippen MR) is 104 cm³/mol. The van der Waals surface area contributed by atoms with Crippen LogP contribution >= 0.6 is 23.2 Å². The van der Waals surface area contributed by atoms with E-state index in [0.717, 1.165) is 37.4 Å². The Balaban J connectivity index is 1.92. The van der Waals surface area contributed by atoms with Gasteiger partial charge in [0.15, 0.2) is 0 Å². The lowest BCUT2D eigenvalue weighted by atomic mass is 10.0. The molecule has 0 aliphatic carbocycles. The van der Waals surface area contributed by atoms with Gasteiger partial charge in [0.1, 0.15) is 0 Å². The quantitative estimate of drug-likeness (QED) is 0.548. The Labute approximate surface area is 158 Å². The van der Waals surface area contributed by atoms with Crippen LogP contribution in [0.25, 0.3) is 11.6 Å². The van der Waals surface area contributed by atoms with Gasteiger partial charge in [0, 0.05) is 29.4 Å². The number of ether oxygens (including phenoxy) is 1. The Bertz CT molecular complexity index is 849. The number of halogens is 2. The molecule has 3 rings (SSSR count). The van der Waals surface area contributed by atoms with Crippen LogP contribution < -0.4 is 4.90 Å². The highest BCUT2D eigenvalue weighted by atomic mass is 35.5. The van der Waals surface area contributed by atoms with Gasteiger partial charge >= 0.3 is 0 Å². The van der Waals surface area contributed by atoms with Crippen molar-refractivity contribution in [2.45, 2.75) is 6.92 Å². The molecule has 1 aliphatic rings. The molecule has 25 heavy (non-hydrogen) atoms. The third kappa shape index (κ3) is 4.16. The van der Waals surface area contributed by atoms with Crippen LogP contribution in [0.4, 0.5) is 5.69 Å². The fraction of sp³-hybridized carbons (Fsp3) is 0.250. The summed E-state index contributed by atoms with van der Waals surface area (Å²) in [5.41, 5.74) is 4.50. The Morgan fingerprint density at radius 3 is 2.56 bits per heavy atom. The molecule has 1 saturated heterocycles. The molecular weight excluding hydrogens is 355 g/mol. The minimum absolute atomic E-state index is 0.475. The van der Waals surface area contributed by atoms with Gasteiger partial charge in [-0.2, -0.15) is 5.26 Å². The first kappa shape index (κ1) is 17.8. The summed E-state index contributed by atoms with van der Waals surface area (Å²) < 4.78 is 5.40. The minimum Gasteiger partial charge on any atom is -0.378 e. The molecule has 0 saturated carbocycles. The number of anilines is 1. The largest absolute Gasteiger partial charge is 0.378 e. The number of benzene rings is 2. The highest BCUT2D eigenvalue weighted by Gasteiger charge is 2.12. The molecule has 2 aromatic rings. The molecule has 0 atom stereocenters. The molecule has 128 valence electrons. The van der Waals surface area contributed by atoms with Gasteiger partial charge in [-0.15, -0.1) is 0 Å². The average Bonchev–Trinajstić information content (AvgIpc) is 2.62. The molecule has 0 N–H and O–H groups in total. The van der Waals surface area contributed by atoms with Crippen LogP contribution in [0.2, 0.25) is 10.0 Å². The van der Waals surface area contributed by atoms with Crippen LogP contribution in [0.15, 0.2) is 36.4 Å². The van der Waals surface area contributed by atoms with Crippen molar-refractivity contribution in [1.29, 1.82) is 5.26 Å². The zero-order valence-corrected chi connectivity index (χ0v) is 15.4. The first-order chi connectivity index (χ1) is 12.1. The summed E-state index contributed by atoms with van der Waals surface area (Å²) in [6.07, 6.45) is 1.87. The average molecular weight is 373 g/mol. The lowest BCUT2D eigenvalue weighted by Crippen LogP contribution is -2.36. The van der Waals surface area contributed by atoms with Gasteiger partial charge in [-0.05, 0) is 48.4 Å². The zero-order chi connectivity index (χ0) is 17.8. The first-order valence-corrected chi connectivity index (χ1v) is 8.84. The van der Waals surface area contributed by atoms with E-state index in [4.69, 9.17) is 27.9 Å². The van der Waals surface area contributed by atoms with Crippen molar-refractivity contribution in [2.24, 2.45) is 0 Å². The van der Waals surface area contributed by atoms with Crippen LogP contribution in [-0.2, 0) is 4.74 Å². The van der Waals surface area contributed by atoms with Crippen molar-refractivity contribution in [3.8, 4) is 6.07 Å². The van der Waals surface area contributed by atoms with Crippen LogP contribution in [0, 0.1) is 18.3 Å². The summed E-state index contributed by atoms with van der Waals surface area (Å²) in [5, 5.41) is 10.6. The number of nitriles is 1. The lowest BCUT2D eigenvalue weighted by molar-refractivity contribution is 0.122. The first-order valence-electron chi connectivity index (χ1n) is 8.09. The van der Waals surface area contributed by atoms with E-state index in [9.17, 15) is 5.26 Å². The van der Waals surface area contributed by atoms with Gasteiger partial charge < -0.3 is 9.64 Å². The number of aryl methyl sites for hydroxylation is 1. The highest BCUT2D eigenvalue weighted by molar-refractivity contribution is 6.36. The predicted octanol–water partition coefficient (Wildman–Crippen LogP) is 5.20. The summed E-state index contributed by atoms with van der Waals surface area (Å²) in [4.78, 5) is 2.31. The van der Waals surface area contributed by atoms with Crippen molar-refractivity contribution in [3.63, 3.8) is 0 Å². The number of rotatable bonds is 3. The van der Waals surface area contributed by atoms with Gasteiger partial charge in [0.05, 0.1) is 29.9 Å². The summed E-state index contributed by atoms with van der Waals surface area (Å²) in [6, 6.07) is 13.7. The normalized spacial score (nSPS) is 15.1. The van der Waals surface area contributed by atoms with Gasteiger partial charge in [-0.1, -0.05) is 35.3 Å². The Morgan fingerprint density at radius 1 is 1.16 bits per heavy atom. The van der Waals surface area contributed by atoms with E-state index in [0.29, 0.717) is 21.2 Å². The molecule has 1 heterocycles. The monoisotopic (exact) mass is 372 g/mol. The number of hydrogen-bond donors (Lipinski definition) is 0. The third-order valence-corrected chi connectivity index (χ3v) is 4.82. The summed E-state index contributed by atoms with van der Waals surface area (Å²) in [5.74, 6) is 0. The topological polar surface area (TPSA) is 36.3 Å². The Morgan fingerprint density at radius 2 is 1.92 bits per heavy atom. The number of allylic oxidation sites excluding steroid dienone is 1. The molecule has 5 heteroatoms. The Kier molecular flexibility index (Phi) is 5.65. The van der Waals surface area contributed by atoms with Gasteiger partial charge in [-0.25, -0.2) is 0 Å². The molecule has 2 aromatic carbocycles. The molecule has 1 fully saturated rings. The zero-order valence-electron chi connectivity index (χ0n) is 13.9. The SMILES string of the molecule is Cc1cc(N2CCOCC2)ccc1/C=C(/C#N)c1ccc(Cl)cc1Cl. The van der Waals surface area contributed by atoms with Crippen molar-refractivity contribution < 1.29 is 4.74 Å². The van der Waals surface area contributed by atoms with Gasteiger partial charge in [0.2, 0.25) is 0 Å². The second-order valence-electron chi connectivity index (χ2n) is 5.93. The lowest BCUT2D eigenvalue weighted by Gasteiger charge is -2.29. The van der Waals surface area contributed by atoms with E-state index in [-0.39, 0.29) is 0 Å². The molecule has 0 unspecified atom stereocenters. The summed E-state index contributed by atoms with van der Waals surface area (Å²) >= 11 is 12.2. The maximum Gasteiger partial charge on any atom is 0.0998 e. The van der Waals surface area contributed by atoms with Crippen molar-refractivity contribution in [3.05, 3.63) is 63.1 Å². The molecular formula is C20H18Cl2N2O. The van der Waals surface area contributed by atoms with E-state index in [1.165, 1.54) is 5.69 Å². The second kappa shape index (κ2) is 7.93. The molecule has 0 spiro atoms. The molecule has 0 aromatic heterocycles. The smallest absolute Gasteiger partial charge is 0.0998 e. The fourth-order valence-corrected chi connectivity index (χ4v) is 3.38. The molecule has 0 radical (unpaired) electrons. The van der Waals surface area contributed by atoms with E-state index < -0.39 is 0 Å². The second-order valence-corrected chi connectivity index (χ2v) is 6.78. The standard InChI is InChI=1S/C20H18Cl2N2O/c1-14-10-18(24-6-8-25-9-7-24)4-2-15(14)11-16(13-23)19-5-3-17(21)12-20(19)22/h2-5,10-12H,6-9H2,1H3/b16-11-. The minimum atomic E-state index is 0.475. The van der Waals surface area contributed by atoms with Crippen molar-refractivity contribution >= 4 is 40.5 Å². The molecule has 0 amide bonds. The van der Waals surface area contributed by atoms with Crippen LogP contribution in [-0.4, -0.2) is 26.3 Å². The van der Waals surface area contributed by atoms with Gasteiger partial charge in [0.25, 0.3) is 0 Å². The van der Waals surface area contributed by atoms with Gasteiger partial charge in [-0.3, -0.25) is 0 Å². The number of nitrogens with zero attached hydrogens (tertiary/aromatic N) is 2. The molecule has 1 aliphatic heterocycles. The maximum absolute atomic E-state index is 9.55. The fourth-order valence-electron chi connectivity index (χ4n) is 2.87. The maximum atomic E-state index is 9.55. The van der Waals surface area contributed by atoms with Crippen molar-refractivity contribution in [1.82, 2.24) is 0 Å². The van der Waals surface area contributed by atoms with E-state index >= 15 is 0 Å². The van der Waals surface area contributed by atoms with E-state index in [1.807, 2.05) is 19.1 Å². The van der Waals surface area contributed by atoms with E-state index in [2.05, 4.69) is 23.1 Å². The number of morpholine rings is 1.